The molecule has 0 spiro atoms. The van der Waals surface area contributed by atoms with E-state index in [-0.39, 0.29) is 4.90 Å². The van der Waals surface area contributed by atoms with Crippen LogP contribution in [0.3, 0.4) is 0 Å². The summed E-state index contributed by atoms with van der Waals surface area (Å²) in [6.45, 7) is 0.311. The molecular formula is C14H12Br2ClNO2S. The lowest BCUT2D eigenvalue weighted by molar-refractivity contribution is 0.581. The normalized spacial score (nSPS) is 11.6. The predicted molar refractivity (Wildman–Crippen MR) is 92.2 cm³/mol. The minimum Gasteiger partial charge on any atom is -0.211 e. The summed E-state index contributed by atoms with van der Waals surface area (Å²) in [6, 6.07) is 12.3. The zero-order valence-electron chi connectivity index (χ0n) is 10.8. The molecule has 0 saturated carbocycles. The number of hydrogen-bond donors (Lipinski definition) is 1. The molecule has 2 aromatic rings. The summed E-state index contributed by atoms with van der Waals surface area (Å²) in [5.74, 6) is 0. The molecule has 112 valence electrons. The number of halogens is 3. The van der Waals surface area contributed by atoms with Crippen molar-refractivity contribution in [2.45, 2.75) is 11.3 Å². The molecule has 0 saturated heterocycles. The van der Waals surface area contributed by atoms with Crippen LogP contribution in [0.15, 0.2) is 56.3 Å². The number of sulfonamides is 1. The summed E-state index contributed by atoms with van der Waals surface area (Å²) in [4.78, 5) is 0.219. The van der Waals surface area contributed by atoms with Crippen LogP contribution in [0.2, 0.25) is 5.02 Å². The first-order valence-corrected chi connectivity index (χ1v) is 9.52. The molecule has 0 fully saturated rings. The van der Waals surface area contributed by atoms with Gasteiger partial charge in [-0.05, 0) is 58.2 Å². The van der Waals surface area contributed by atoms with Crippen molar-refractivity contribution in [1.29, 1.82) is 0 Å². The molecule has 1 N–H and O–H groups in total. The van der Waals surface area contributed by atoms with Crippen LogP contribution < -0.4 is 4.72 Å². The Bertz CT molecular complexity index is 750. The minimum absolute atomic E-state index is 0.219. The summed E-state index contributed by atoms with van der Waals surface area (Å²) in [5.41, 5.74) is 0.986. The van der Waals surface area contributed by atoms with Crippen LogP contribution in [0.4, 0.5) is 0 Å². The third kappa shape index (κ3) is 4.79. The van der Waals surface area contributed by atoms with Gasteiger partial charge in [0.2, 0.25) is 10.0 Å². The molecule has 0 radical (unpaired) electrons. The molecule has 0 amide bonds. The number of rotatable bonds is 5. The first-order chi connectivity index (χ1) is 9.88. The number of nitrogens with one attached hydrogen (secondary N) is 1. The van der Waals surface area contributed by atoms with Gasteiger partial charge in [-0.15, -0.1) is 0 Å². The molecular weight excluding hydrogens is 441 g/mol. The number of benzene rings is 2. The lowest BCUT2D eigenvalue weighted by Gasteiger charge is -2.09. The van der Waals surface area contributed by atoms with Crippen molar-refractivity contribution >= 4 is 53.5 Å². The van der Waals surface area contributed by atoms with Gasteiger partial charge in [0.1, 0.15) is 0 Å². The van der Waals surface area contributed by atoms with E-state index in [9.17, 15) is 8.42 Å². The Morgan fingerprint density at radius 1 is 1.10 bits per heavy atom. The number of hydrogen-bond acceptors (Lipinski definition) is 2. The van der Waals surface area contributed by atoms with Gasteiger partial charge in [-0.25, -0.2) is 13.1 Å². The Morgan fingerprint density at radius 3 is 2.52 bits per heavy atom. The van der Waals surface area contributed by atoms with Crippen molar-refractivity contribution in [3.63, 3.8) is 0 Å². The van der Waals surface area contributed by atoms with Crippen LogP contribution in [-0.4, -0.2) is 15.0 Å². The average Bonchev–Trinajstić information content (AvgIpc) is 2.38. The minimum atomic E-state index is -3.54. The monoisotopic (exact) mass is 451 g/mol. The molecule has 0 aliphatic heterocycles. The highest BCUT2D eigenvalue weighted by molar-refractivity contribution is 9.11. The van der Waals surface area contributed by atoms with Gasteiger partial charge in [0.05, 0.1) is 4.90 Å². The van der Waals surface area contributed by atoms with Crippen molar-refractivity contribution in [2.24, 2.45) is 0 Å². The topological polar surface area (TPSA) is 46.2 Å². The van der Waals surface area contributed by atoms with Crippen molar-refractivity contribution < 1.29 is 8.42 Å². The largest absolute Gasteiger partial charge is 0.241 e. The van der Waals surface area contributed by atoms with E-state index < -0.39 is 10.0 Å². The van der Waals surface area contributed by atoms with Crippen molar-refractivity contribution in [2.75, 3.05) is 6.54 Å². The molecule has 3 nitrogen and oxygen atoms in total. The van der Waals surface area contributed by atoms with Gasteiger partial charge in [-0.1, -0.05) is 39.7 Å². The van der Waals surface area contributed by atoms with E-state index in [2.05, 4.69) is 36.6 Å². The molecule has 0 atom stereocenters. The van der Waals surface area contributed by atoms with Gasteiger partial charge in [-0.3, -0.25) is 0 Å². The quantitative estimate of drug-likeness (QED) is 0.730. The highest BCUT2D eigenvalue weighted by Gasteiger charge is 2.17. The standard InChI is InChI=1S/C14H12Br2ClNO2S/c15-11-4-5-14(13(16)9-11)21(19,20)18-7-6-10-2-1-3-12(17)8-10/h1-5,8-9,18H,6-7H2. The zero-order valence-corrected chi connectivity index (χ0v) is 15.6. The summed E-state index contributed by atoms with van der Waals surface area (Å²) in [5, 5.41) is 0.644. The van der Waals surface area contributed by atoms with Crippen LogP contribution >= 0.6 is 43.5 Å². The van der Waals surface area contributed by atoms with Gasteiger partial charge in [0.25, 0.3) is 0 Å². The maximum absolute atomic E-state index is 12.2. The third-order valence-electron chi connectivity index (χ3n) is 2.78. The summed E-state index contributed by atoms with van der Waals surface area (Å²) in [7, 11) is -3.54. The van der Waals surface area contributed by atoms with Crippen LogP contribution in [-0.2, 0) is 16.4 Å². The lowest BCUT2D eigenvalue weighted by atomic mass is 10.2. The smallest absolute Gasteiger partial charge is 0.211 e. The van der Waals surface area contributed by atoms with Gasteiger partial charge >= 0.3 is 0 Å². The van der Waals surface area contributed by atoms with Crippen LogP contribution in [0.25, 0.3) is 0 Å². The molecule has 0 heterocycles. The second-order valence-corrected chi connectivity index (χ2v) is 8.29. The van der Waals surface area contributed by atoms with E-state index in [1.54, 1.807) is 24.3 Å². The molecule has 0 aliphatic rings. The average molecular weight is 454 g/mol. The molecule has 21 heavy (non-hydrogen) atoms. The maximum Gasteiger partial charge on any atom is 0.241 e. The summed E-state index contributed by atoms with van der Waals surface area (Å²) in [6.07, 6.45) is 0.577. The van der Waals surface area contributed by atoms with Crippen molar-refractivity contribution in [1.82, 2.24) is 4.72 Å². The van der Waals surface area contributed by atoms with E-state index in [0.29, 0.717) is 22.5 Å². The van der Waals surface area contributed by atoms with Gasteiger partial charge in [0.15, 0.2) is 0 Å². The van der Waals surface area contributed by atoms with E-state index in [1.807, 2.05) is 18.2 Å². The third-order valence-corrected chi connectivity index (χ3v) is 5.94. The Balaban J connectivity index is 2.05. The molecule has 0 bridgehead atoms. The second-order valence-electron chi connectivity index (χ2n) is 4.35. The zero-order chi connectivity index (χ0) is 15.5. The molecule has 0 aromatic heterocycles. The first kappa shape index (κ1) is 17.0. The van der Waals surface area contributed by atoms with Crippen molar-refractivity contribution in [3.8, 4) is 0 Å². The summed E-state index contributed by atoms with van der Waals surface area (Å²) < 4.78 is 28.4. The maximum atomic E-state index is 12.2. The highest BCUT2D eigenvalue weighted by Crippen LogP contribution is 2.25. The van der Waals surface area contributed by atoms with E-state index in [1.165, 1.54) is 0 Å². The van der Waals surface area contributed by atoms with E-state index in [4.69, 9.17) is 11.6 Å². The molecule has 2 rings (SSSR count). The fraction of sp³-hybridized carbons (Fsp3) is 0.143. The first-order valence-electron chi connectivity index (χ1n) is 6.08. The fourth-order valence-electron chi connectivity index (χ4n) is 1.79. The van der Waals surface area contributed by atoms with E-state index >= 15 is 0 Å². The molecule has 7 heteroatoms. The fourth-order valence-corrected chi connectivity index (χ4v) is 4.78. The highest BCUT2D eigenvalue weighted by atomic mass is 79.9. The second kappa shape index (κ2) is 7.24. The molecule has 2 aromatic carbocycles. The van der Waals surface area contributed by atoms with Gasteiger partial charge in [0, 0.05) is 20.5 Å². The Labute approximate surface area is 146 Å². The van der Waals surface area contributed by atoms with E-state index in [0.717, 1.165) is 10.0 Å². The van der Waals surface area contributed by atoms with Crippen LogP contribution in [0.5, 0.6) is 0 Å². The molecule has 0 aliphatic carbocycles. The van der Waals surface area contributed by atoms with Gasteiger partial charge in [-0.2, -0.15) is 0 Å². The Morgan fingerprint density at radius 2 is 1.86 bits per heavy atom. The van der Waals surface area contributed by atoms with Crippen LogP contribution in [0, 0.1) is 0 Å². The SMILES string of the molecule is O=S(=O)(NCCc1cccc(Cl)c1)c1ccc(Br)cc1Br. The Kier molecular flexibility index (Phi) is 5.85. The van der Waals surface area contributed by atoms with Gasteiger partial charge < -0.3 is 0 Å². The summed E-state index contributed by atoms with van der Waals surface area (Å²) >= 11 is 12.5. The predicted octanol–water partition coefficient (Wildman–Crippen LogP) is 4.39. The molecule has 0 unspecified atom stereocenters. The Hall–Kier alpha value is -0.400. The van der Waals surface area contributed by atoms with Crippen molar-refractivity contribution in [3.05, 3.63) is 62.0 Å². The van der Waals surface area contributed by atoms with Crippen LogP contribution in [0.1, 0.15) is 5.56 Å². The lowest BCUT2D eigenvalue weighted by Crippen LogP contribution is -2.26.